The number of benzene rings is 9. The van der Waals surface area contributed by atoms with Gasteiger partial charge in [-0.2, -0.15) is 0 Å². The van der Waals surface area contributed by atoms with Crippen LogP contribution in [0.15, 0.2) is 260 Å². The lowest BCUT2D eigenvalue weighted by Gasteiger charge is -2.48. The number of anilines is 3. The van der Waals surface area contributed by atoms with Gasteiger partial charge >= 0.3 is 0 Å². The van der Waals surface area contributed by atoms with Gasteiger partial charge in [-0.15, -0.1) is 0 Å². The average Bonchev–Trinajstić information content (AvgIpc) is 3.97. The summed E-state index contributed by atoms with van der Waals surface area (Å²) in [5.74, 6) is 0.205. The van der Waals surface area contributed by atoms with Crippen LogP contribution in [0.4, 0.5) is 17.1 Å². The zero-order chi connectivity index (χ0) is 46.7. The molecule has 0 radical (unpaired) electrons. The summed E-state index contributed by atoms with van der Waals surface area (Å²) in [7, 11) is 0. The molecule has 2 atom stereocenters. The van der Waals surface area contributed by atoms with Crippen molar-refractivity contribution in [2.75, 3.05) is 4.90 Å². The Morgan fingerprint density at radius 1 is 0.423 bits per heavy atom. The van der Waals surface area contributed by atoms with Crippen LogP contribution in [0.25, 0.3) is 55.0 Å². The quantitative estimate of drug-likeness (QED) is 0.155. The highest BCUT2D eigenvalue weighted by Gasteiger charge is 2.50. The topological polar surface area (TPSA) is 13.1 Å². The summed E-state index contributed by atoms with van der Waals surface area (Å²) in [6, 6.07) is 80.2. The summed E-state index contributed by atoms with van der Waals surface area (Å²) in [5, 5.41) is 5.14. The Labute approximate surface area is 413 Å². The van der Waals surface area contributed by atoms with E-state index in [1.54, 1.807) is 0 Å². The number of rotatable bonds is 7. The van der Waals surface area contributed by atoms with Crippen LogP contribution in [0.5, 0.6) is 0 Å². The number of hydrogen-bond acceptors (Lipinski definition) is 1. The molecule has 71 heavy (non-hydrogen) atoms. The van der Waals surface area contributed by atoms with Crippen molar-refractivity contribution in [2.24, 2.45) is 5.92 Å². The normalized spacial score (nSPS) is 18.2. The average molecular weight is 908 g/mol. The van der Waals surface area contributed by atoms with Crippen molar-refractivity contribution in [3.63, 3.8) is 0 Å². The fourth-order valence-corrected chi connectivity index (χ4v) is 13.8. The fraction of sp³-hybridized carbons (Fsp3) is 0.0882. The number of allylic oxidation sites excluding steroid dienone is 8. The van der Waals surface area contributed by atoms with Crippen LogP contribution < -0.4 is 4.90 Å². The lowest BCUT2D eigenvalue weighted by atomic mass is 9.57. The monoisotopic (exact) mass is 907 g/mol. The Morgan fingerprint density at radius 2 is 0.972 bits per heavy atom. The first-order valence-corrected chi connectivity index (χ1v) is 25.3. The molecule has 4 aliphatic rings. The highest BCUT2D eigenvalue weighted by atomic mass is 15.1. The molecule has 0 saturated heterocycles. The lowest BCUT2D eigenvalue weighted by Crippen LogP contribution is -2.42. The van der Waals surface area contributed by atoms with Crippen molar-refractivity contribution >= 4 is 60.7 Å². The molecule has 9 aromatic carbocycles. The smallest absolute Gasteiger partial charge is 0.0743 e. The van der Waals surface area contributed by atoms with Crippen LogP contribution in [-0.4, -0.2) is 9.13 Å². The Morgan fingerprint density at radius 3 is 1.58 bits per heavy atom. The molecule has 0 N–H and O–H groups in total. The molecule has 3 nitrogen and oxygen atoms in total. The Bertz CT molecular complexity index is 4050. The summed E-state index contributed by atoms with van der Waals surface area (Å²) in [4.78, 5) is 2.52. The Kier molecular flexibility index (Phi) is 8.74. The first kappa shape index (κ1) is 40.2. The summed E-state index contributed by atoms with van der Waals surface area (Å²) in [5.41, 5.74) is 19.0. The SMILES string of the molecule is C1=CCCC(C2(C3C=CC=CC3)c3cc(N(c4ccccc4)c4ccc5c(c4)C(c4ccccc4)(c4ccccc4)c4cccc6c7ccccc7n-5c46)ccc3-n3c4ccccc4c4cccc2c43)=C1. The van der Waals surface area contributed by atoms with Gasteiger partial charge in [0.2, 0.25) is 0 Å². The molecule has 15 rings (SSSR count). The van der Waals surface area contributed by atoms with Crippen LogP contribution in [-0.2, 0) is 10.8 Å². The minimum Gasteiger partial charge on any atom is -0.310 e. The van der Waals surface area contributed by atoms with Crippen LogP contribution in [0, 0.1) is 5.92 Å². The van der Waals surface area contributed by atoms with E-state index in [1.807, 2.05) is 0 Å². The third-order valence-corrected chi connectivity index (χ3v) is 16.5. The van der Waals surface area contributed by atoms with Gasteiger partial charge in [0.05, 0.1) is 44.3 Å². The van der Waals surface area contributed by atoms with Gasteiger partial charge in [-0.05, 0) is 119 Å². The fourth-order valence-electron chi connectivity index (χ4n) is 13.8. The van der Waals surface area contributed by atoms with Gasteiger partial charge in [0, 0.05) is 38.6 Å². The number of nitrogens with zero attached hydrogens (tertiary/aromatic N) is 3. The van der Waals surface area contributed by atoms with E-state index in [0.29, 0.717) is 0 Å². The summed E-state index contributed by atoms with van der Waals surface area (Å²) < 4.78 is 5.12. The van der Waals surface area contributed by atoms with E-state index < -0.39 is 10.8 Å². The number of hydrogen-bond donors (Lipinski definition) is 0. The van der Waals surface area contributed by atoms with Gasteiger partial charge in [0.15, 0.2) is 0 Å². The maximum absolute atomic E-state index is 2.58. The highest BCUT2D eigenvalue weighted by Crippen LogP contribution is 2.60. The van der Waals surface area contributed by atoms with Crippen LogP contribution >= 0.6 is 0 Å². The molecule has 0 amide bonds. The molecule has 0 saturated carbocycles. The zero-order valence-electron chi connectivity index (χ0n) is 39.3. The van der Waals surface area contributed by atoms with Crippen molar-refractivity contribution in [2.45, 2.75) is 30.1 Å². The summed E-state index contributed by atoms with van der Waals surface area (Å²) >= 11 is 0. The third kappa shape index (κ3) is 5.44. The van der Waals surface area contributed by atoms with Gasteiger partial charge in [0.1, 0.15) is 0 Å². The minimum absolute atomic E-state index is 0.205. The van der Waals surface area contributed by atoms with E-state index in [-0.39, 0.29) is 5.92 Å². The van der Waals surface area contributed by atoms with Gasteiger partial charge in [-0.1, -0.05) is 200 Å². The van der Waals surface area contributed by atoms with Crippen molar-refractivity contribution in [3.05, 3.63) is 294 Å². The van der Waals surface area contributed by atoms with Crippen molar-refractivity contribution in [3.8, 4) is 11.4 Å². The first-order chi connectivity index (χ1) is 35.3. The molecular weight excluding hydrogens is 859 g/mol. The molecule has 0 bridgehead atoms. The molecule has 2 aliphatic heterocycles. The van der Waals surface area contributed by atoms with E-state index in [9.17, 15) is 0 Å². The maximum Gasteiger partial charge on any atom is 0.0743 e. The first-order valence-electron chi connectivity index (χ1n) is 25.3. The van der Waals surface area contributed by atoms with E-state index in [2.05, 4.69) is 269 Å². The van der Waals surface area contributed by atoms with Gasteiger partial charge in [-0.25, -0.2) is 0 Å². The second-order valence-electron chi connectivity index (χ2n) is 19.8. The predicted molar refractivity (Wildman–Crippen MR) is 295 cm³/mol. The molecule has 11 aromatic rings. The molecule has 3 heteroatoms. The van der Waals surface area contributed by atoms with Crippen molar-refractivity contribution in [1.82, 2.24) is 9.13 Å². The van der Waals surface area contributed by atoms with E-state index in [1.165, 1.54) is 93.9 Å². The second-order valence-corrected chi connectivity index (χ2v) is 19.8. The van der Waals surface area contributed by atoms with Gasteiger partial charge in [0.25, 0.3) is 0 Å². The molecular formula is C68H49N3. The Balaban J connectivity index is 1.05. The maximum atomic E-state index is 2.58. The molecule has 2 aliphatic carbocycles. The van der Waals surface area contributed by atoms with Crippen molar-refractivity contribution < 1.29 is 0 Å². The highest BCUT2D eigenvalue weighted by molar-refractivity contribution is 6.13. The zero-order valence-corrected chi connectivity index (χ0v) is 39.3. The summed E-state index contributed by atoms with van der Waals surface area (Å²) in [6.07, 6.45) is 19.5. The minimum atomic E-state index is -0.641. The number of fused-ring (bicyclic) bond motifs is 10. The van der Waals surface area contributed by atoms with Crippen LogP contribution in [0.3, 0.4) is 0 Å². The number of aromatic nitrogens is 2. The van der Waals surface area contributed by atoms with Crippen molar-refractivity contribution in [1.29, 1.82) is 0 Å². The largest absolute Gasteiger partial charge is 0.310 e. The van der Waals surface area contributed by atoms with E-state index in [0.717, 1.165) is 36.3 Å². The molecule has 336 valence electrons. The molecule has 4 heterocycles. The summed E-state index contributed by atoms with van der Waals surface area (Å²) in [6.45, 7) is 0. The predicted octanol–water partition coefficient (Wildman–Crippen LogP) is 17.1. The molecule has 2 unspecified atom stereocenters. The molecule has 0 fully saturated rings. The second kappa shape index (κ2) is 15.4. The van der Waals surface area contributed by atoms with Gasteiger partial charge < -0.3 is 14.0 Å². The Hall–Kier alpha value is -8.66. The van der Waals surface area contributed by atoms with Crippen LogP contribution in [0.1, 0.15) is 52.6 Å². The third-order valence-electron chi connectivity index (χ3n) is 16.5. The number of para-hydroxylation sites is 5. The van der Waals surface area contributed by atoms with E-state index in [4.69, 9.17) is 0 Å². The molecule has 2 aromatic heterocycles. The lowest BCUT2D eigenvalue weighted by molar-refractivity contribution is 0.424. The van der Waals surface area contributed by atoms with Crippen LogP contribution in [0.2, 0.25) is 0 Å². The van der Waals surface area contributed by atoms with E-state index >= 15 is 0 Å². The van der Waals surface area contributed by atoms with Gasteiger partial charge in [-0.3, -0.25) is 0 Å². The molecule has 0 spiro atoms. The standard InChI is InChI=1S/C68H49N3/c1-6-22-46(23-7-1)67(47-24-8-2-9-25-47)57-36-20-34-55-53-32-16-18-38-61(53)70(65(55)57)63-42-40-51(44-59(63)67)69(50-30-14-5-15-31-50)52-41-43-64-60(45-52)68(48-26-10-3-11-27-48,49-28-12-4-13-29-49)58-37-21-35-56-54-33-17-19-39-62(54)71(64)66(56)58/h1-12,14-26,28,30-45,48H,13,27,29H2.